The highest BCUT2D eigenvalue weighted by atomic mass is 79.9. The number of hydrogen-bond donors (Lipinski definition) is 2. The van der Waals surface area contributed by atoms with E-state index in [9.17, 15) is 23.6 Å². The molecule has 1 heterocycles. The third-order valence-corrected chi connectivity index (χ3v) is 7.60. The van der Waals surface area contributed by atoms with Gasteiger partial charge in [-0.25, -0.2) is 13.1 Å². The molecule has 0 bridgehead atoms. The number of phenolic OH excluding ortho intramolecular Hbond substituents is 1. The van der Waals surface area contributed by atoms with Crippen molar-refractivity contribution in [2.75, 3.05) is 0 Å². The molecule has 2 aromatic rings. The highest BCUT2D eigenvalue weighted by Crippen LogP contribution is 2.49. The number of carbonyl (C=O) groups is 1. The van der Waals surface area contributed by atoms with Gasteiger partial charge in [0, 0.05) is 0 Å². The monoisotopic (exact) mass is 460 g/mol. The lowest BCUT2D eigenvalue weighted by atomic mass is 9.96. The molecule has 1 aliphatic rings. The summed E-state index contributed by atoms with van der Waals surface area (Å²) in [4.78, 5) is 12.3. The van der Waals surface area contributed by atoms with Crippen LogP contribution in [0.1, 0.15) is 28.8 Å². The number of thiophene rings is 1. The van der Waals surface area contributed by atoms with Gasteiger partial charge in [0.25, 0.3) is 15.9 Å². The standard InChI is InChI=1S/C15H10BrClN2O4S2/c16-11-1-2-12(24-11)25(22,23)19-14(21)13-9(17)5-8(6-10(13)20)15(7-18)3-4-15/h1-2,5-6,20H,3-4H2,(H,19,21). The van der Waals surface area contributed by atoms with Crippen molar-refractivity contribution in [3.05, 3.63) is 44.2 Å². The molecule has 1 aliphatic carbocycles. The highest BCUT2D eigenvalue weighted by molar-refractivity contribution is 9.11. The van der Waals surface area contributed by atoms with Gasteiger partial charge < -0.3 is 5.11 Å². The summed E-state index contributed by atoms with van der Waals surface area (Å²) < 4.78 is 26.9. The van der Waals surface area contributed by atoms with Crippen LogP contribution in [0.3, 0.4) is 0 Å². The number of carbonyl (C=O) groups excluding carboxylic acids is 1. The number of rotatable bonds is 4. The summed E-state index contributed by atoms with van der Waals surface area (Å²) in [7, 11) is -4.08. The van der Waals surface area contributed by atoms with Crippen molar-refractivity contribution >= 4 is 54.8 Å². The van der Waals surface area contributed by atoms with E-state index in [1.807, 2.05) is 4.72 Å². The Balaban J connectivity index is 1.92. The van der Waals surface area contributed by atoms with E-state index in [2.05, 4.69) is 22.0 Å². The van der Waals surface area contributed by atoms with Gasteiger partial charge in [-0.2, -0.15) is 5.26 Å². The average Bonchev–Trinajstić information content (AvgIpc) is 3.20. The van der Waals surface area contributed by atoms with E-state index in [0.29, 0.717) is 22.2 Å². The number of amides is 1. The minimum Gasteiger partial charge on any atom is -0.507 e. The molecule has 1 fully saturated rings. The van der Waals surface area contributed by atoms with E-state index >= 15 is 0 Å². The van der Waals surface area contributed by atoms with Crippen molar-refractivity contribution in [3.8, 4) is 11.8 Å². The quantitative estimate of drug-likeness (QED) is 0.724. The number of halogens is 2. The van der Waals surface area contributed by atoms with Gasteiger partial charge in [-0.1, -0.05) is 11.6 Å². The van der Waals surface area contributed by atoms with Crippen LogP contribution in [0, 0.1) is 11.3 Å². The van der Waals surface area contributed by atoms with Gasteiger partial charge in [0.15, 0.2) is 0 Å². The zero-order valence-electron chi connectivity index (χ0n) is 12.4. The number of nitrogens with zero attached hydrogens (tertiary/aromatic N) is 1. The molecule has 1 aromatic heterocycles. The first-order chi connectivity index (χ1) is 11.7. The van der Waals surface area contributed by atoms with Crippen LogP contribution in [-0.4, -0.2) is 19.4 Å². The van der Waals surface area contributed by atoms with E-state index in [1.165, 1.54) is 18.2 Å². The largest absolute Gasteiger partial charge is 0.507 e. The van der Waals surface area contributed by atoms with Crippen LogP contribution in [0.4, 0.5) is 0 Å². The molecule has 25 heavy (non-hydrogen) atoms. The number of phenols is 1. The van der Waals surface area contributed by atoms with Crippen LogP contribution in [0.25, 0.3) is 0 Å². The Hall–Kier alpha value is -1.60. The zero-order chi connectivity index (χ0) is 18.4. The maximum Gasteiger partial charge on any atom is 0.273 e. The summed E-state index contributed by atoms with van der Waals surface area (Å²) in [5.74, 6) is -1.51. The van der Waals surface area contributed by atoms with E-state index in [1.54, 1.807) is 6.07 Å². The summed E-state index contributed by atoms with van der Waals surface area (Å²) in [6.07, 6.45) is 1.29. The summed E-state index contributed by atoms with van der Waals surface area (Å²) >= 11 is 10.2. The first-order valence-corrected chi connectivity index (χ1v) is 10.4. The number of aromatic hydroxyl groups is 1. The lowest BCUT2D eigenvalue weighted by Crippen LogP contribution is -2.30. The Kier molecular flexibility index (Phi) is 4.58. The fourth-order valence-corrected chi connectivity index (χ4v) is 5.62. The van der Waals surface area contributed by atoms with Crippen LogP contribution in [0.5, 0.6) is 5.75 Å². The minimum atomic E-state index is -4.08. The number of hydrogen-bond acceptors (Lipinski definition) is 6. The van der Waals surface area contributed by atoms with Gasteiger partial charge in [0.2, 0.25) is 0 Å². The molecule has 1 saturated carbocycles. The summed E-state index contributed by atoms with van der Waals surface area (Å²) in [5.41, 5.74) is -0.525. The van der Waals surface area contributed by atoms with Crippen molar-refractivity contribution in [1.82, 2.24) is 4.72 Å². The third kappa shape index (κ3) is 3.40. The average molecular weight is 462 g/mol. The van der Waals surface area contributed by atoms with E-state index in [4.69, 9.17) is 11.6 Å². The summed E-state index contributed by atoms with van der Waals surface area (Å²) in [5, 5.41) is 19.2. The number of sulfonamides is 1. The fraction of sp³-hybridized carbons (Fsp3) is 0.200. The first kappa shape index (κ1) is 18.2. The molecule has 10 heteroatoms. The minimum absolute atomic E-state index is 0.0543. The molecule has 0 aliphatic heterocycles. The Morgan fingerprint density at radius 2 is 2.08 bits per heavy atom. The first-order valence-electron chi connectivity index (χ1n) is 6.95. The summed E-state index contributed by atoms with van der Waals surface area (Å²) in [6.45, 7) is 0. The molecule has 0 spiro atoms. The molecule has 0 radical (unpaired) electrons. The maximum atomic E-state index is 12.3. The van der Waals surface area contributed by atoms with Crippen molar-refractivity contribution in [2.24, 2.45) is 0 Å². The van der Waals surface area contributed by atoms with E-state index in [0.717, 1.165) is 11.3 Å². The fourth-order valence-electron chi connectivity index (χ4n) is 2.35. The molecular weight excluding hydrogens is 452 g/mol. The van der Waals surface area contributed by atoms with Gasteiger partial charge >= 0.3 is 0 Å². The highest BCUT2D eigenvalue weighted by Gasteiger charge is 2.45. The summed E-state index contributed by atoms with van der Waals surface area (Å²) in [6, 6.07) is 7.75. The molecule has 0 atom stereocenters. The molecule has 6 nitrogen and oxygen atoms in total. The van der Waals surface area contributed by atoms with Gasteiger partial charge in [0.05, 0.1) is 20.3 Å². The van der Waals surface area contributed by atoms with Crippen LogP contribution in [0.15, 0.2) is 32.3 Å². The Labute approximate surface area is 161 Å². The molecule has 0 saturated heterocycles. The zero-order valence-corrected chi connectivity index (χ0v) is 16.4. The van der Waals surface area contributed by atoms with Crippen LogP contribution in [0.2, 0.25) is 5.02 Å². The van der Waals surface area contributed by atoms with E-state index in [-0.39, 0.29) is 14.8 Å². The number of nitriles is 1. The molecular formula is C15H10BrClN2O4S2. The van der Waals surface area contributed by atoms with E-state index < -0.39 is 27.1 Å². The maximum absolute atomic E-state index is 12.3. The molecule has 2 N–H and O–H groups in total. The lowest BCUT2D eigenvalue weighted by molar-refractivity contribution is 0.0979. The number of nitrogens with one attached hydrogen (secondary N) is 1. The van der Waals surface area contributed by atoms with Crippen molar-refractivity contribution in [2.45, 2.75) is 22.5 Å². The normalized spacial score (nSPS) is 15.4. The van der Waals surface area contributed by atoms with Crippen LogP contribution < -0.4 is 4.72 Å². The van der Waals surface area contributed by atoms with Crippen LogP contribution >= 0.6 is 38.9 Å². The smallest absolute Gasteiger partial charge is 0.273 e. The molecule has 130 valence electrons. The molecule has 1 aromatic carbocycles. The second-order valence-electron chi connectivity index (χ2n) is 5.54. The van der Waals surface area contributed by atoms with Gasteiger partial charge in [-0.15, -0.1) is 11.3 Å². The predicted molar refractivity (Wildman–Crippen MR) is 96.3 cm³/mol. The number of benzene rings is 1. The topological polar surface area (TPSA) is 107 Å². The Morgan fingerprint density at radius 1 is 1.40 bits per heavy atom. The molecule has 3 rings (SSSR count). The predicted octanol–water partition coefficient (Wildman–Crippen LogP) is 3.54. The SMILES string of the molecule is N#CC1(c2cc(O)c(C(=O)NS(=O)(=O)c3ccc(Br)s3)c(Cl)c2)CC1. The second-order valence-corrected chi connectivity index (χ2v) is 10.3. The third-order valence-electron chi connectivity index (χ3n) is 3.85. The molecule has 1 amide bonds. The van der Waals surface area contributed by atoms with Gasteiger partial charge in [0.1, 0.15) is 15.5 Å². The van der Waals surface area contributed by atoms with Crippen molar-refractivity contribution in [3.63, 3.8) is 0 Å². The van der Waals surface area contributed by atoms with Gasteiger partial charge in [-0.3, -0.25) is 4.79 Å². The molecule has 0 unspecified atom stereocenters. The van der Waals surface area contributed by atoms with Crippen LogP contribution in [-0.2, 0) is 15.4 Å². The van der Waals surface area contributed by atoms with Crippen molar-refractivity contribution < 1.29 is 18.3 Å². The Morgan fingerprint density at radius 3 is 2.56 bits per heavy atom. The second kappa shape index (κ2) is 6.29. The lowest BCUT2D eigenvalue weighted by Gasteiger charge is -2.12. The van der Waals surface area contributed by atoms with Gasteiger partial charge in [-0.05, 0) is 58.6 Å². The van der Waals surface area contributed by atoms with Crippen molar-refractivity contribution in [1.29, 1.82) is 5.26 Å². The Bertz CT molecular complexity index is 999.